The van der Waals surface area contributed by atoms with Crippen molar-refractivity contribution in [3.05, 3.63) is 11.4 Å². The van der Waals surface area contributed by atoms with Crippen LogP contribution in [0.2, 0.25) is 0 Å². The lowest BCUT2D eigenvalue weighted by Gasteiger charge is -2.20. The highest BCUT2D eigenvalue weighted by Gasteiger charge is 2.28. The summed E-state index contributed by atoms with van der Waals surface area (Å²) in [6.45, 7) is 2.10. The molecule has 3 N–H and O–H groups in total. The molecule has 0 bridgehead atoms. The fourth-order valence-electron chi connectivity index (χ4n) is 1.97. The third-order valence-corrected chi connectivity index (χ3v) is 3.07. The van der Waals surface area contributed by atoms with Crippen molar-refractivity contribution in [2.45, 2.75) is 25.7 Å². The molecule has 1 aromatic heterocycles. The van der Waals surface area contributed by atoms with Crippen molar-refractivity contribution < 1.29 is 4.79 Å². The smallest absolute Gasteiger partial charge is 0.236 e. The number of carbonyl (C=O) groups is 1. The van der Waals surface area contributed by atoms with E-state index in [-0.39, 0.29) is 12.5 Å². The molecule has 0 unspecified atom stereocenters. The van der Waals surface area contributed by atoms with Crippen molar-refractivity contribution in [3.8, 4) is 0 Å². The molecule has 0 saturated heterocycles. The molecule has 0 aromatic carbocycles. The van der Waals surface area contributed by atoms with Crippen molar-refractivity contribution in [2.75, 3.05) is 30.9 Å². The Balaban J connectivity index is 2.37. The highest BCUT2D eigenvalue weighted by atomic mass is 16.1. The Morgan fingerprint density at radius 3 is 2.67 bits per heavy atom. The number of amides is 1. The summed E-state index contributed by atoms with van der Waals surface area (Å²) in [5.41, 5.74) is 6.16. The summed E-state index contributed by atoms with van der Waals surface area (Å²) in [4.78, 5) is 21.8. The largest absolute Gasteiger partial charge is 0.373 e. The van der Waals surface area contributed by atoms with Crippen LogP contribution < -0.4 is 16.0 Å². The van der Waals surface area contributed by atoms with Gasteiger partial charge in [0.15, 0.2) is 0 Å². The number of likely N-dealkylation sites (N-methyl/N-ethyl adjacent to an activating group) is 1. The monoisotopic (exact) mass is 249 g/mol. The van der Waals surface area contributed by atoms with E-state index in [1.165, 1.54) is 0 Å². The highest BCUT2D eigenvalue weighted by molar-refractivity contribution is 5.79. The molecule has 0 aliphatic heterocycles. The van der Waals surface area contributed by atoms with Gasteiger partial charge >= 0.3 is 0 Å². The first-order valence-corrected chi connectivity index (χ1v) is 6.08. The van der Waals surface area contributed by atoms with E-state index in [0.29, 0.717) is 5.92 Å². The quantitative estimate of drug-likeness (QED) is 0.799. The normalized spacial score (nSPS) is 14.4. The van der Waals surface area contributed by atoms with E-state index >= 15 is 0 Å². The fraction of sp³-hybridized carbons (Fsp3) is 0.583. The average Bonchev–Trinajstić information content (AvgIpc) is 3.12. The van der Waals surface area contributed by atoms with Gasteiger partial charge in [0.1, 0.15) is 17.5 Å². The third-order valence-electron chi connectivity index (χ3n) is 3.07. The van der Waals surface area contributed by atoms with Crippen LogP contribution in [-0.2, 0) is 4.79 Å². The number of nitrogens with one attached hydrogen (secondary N) is 1. The Hall–Kier alpha value is -1.85. The van der Waals surface area contributed by atoms with Crippen LogP contribution in [0.25, 0.3) is 0 Å². The highest BCUT2D eigenvalue weighted by Crippen LogP contribution is 2.39. The van der Waals surface area contributed by atoms with Crippen molar-refractivity contribution in [2.24, 2.45) is 5.73 Å². The number of rotatable bonds is 5. The van der Waals surface area contributed by atoms with Gasteiger partial charge in [0.2, 0.25) is 5.91 Å². The van der Waals surface area contributed by atoms with Crippen LogP contribution in [0.15, 0.2) is 0 Å². The molecule has 1 saturated carbocycles. The Labute approximate surface area is 107 Å². The zero-order valence-corrected chi connectivity index (χ0v) is 11.0. The van der Waals surface area contributed by atoms with Gasteiger partial charge in [0, 0.05) is 25.6 Å². The van der Waals surface area contributed by atoms with E-state index in [9.17, 15) is 4.79 Å². The van der Waals surface area contributed by atoms with Crippen LogP contribution in [-0.4, -0.2) is 36.5 Å². The molecule has 6 nitrogen and oxygen atoms in total. The molecule has 0 radical (unpaired) electrons. The zero-order chi connectivity index (χ0) is 13.3. The summed E-state index contributed by atoms with van der Waals surface area (Å²) in [6, 6.07) is 0. The van der Waals surface area contributed by atoms with Crippen LogP contribution in [0.3, 0.4) is 0 Å². The lowest BCUT2D eigenvalue weighted by Crippen LogP contribution is -2.32. The van der Waals surface area contributed by atoms with E-state index in [1.54, 1.807) is 4.90 Å². The van der Waals surface area contributed by atoms with Gasteiger partial charge in [-0.3, -0.25) is 4.79 Å². The first kappa shape index (κ1) is 12.6. The van der Waals surface area contributed by atoms with E-state index in [1.807, 2.05) is 21.0 Å². The van der Waals surface area contributed by atoms with Crippen molar-refractivity contribution in [1.82, 2.24) is 9.97 Å². The third kappa shape index (κ3) is 2.52. The first-order chi connectivity index (χ1) is 8.52. The van der Waals surface area contributed by atoms with Crippen molar-refractivity contribution in [3.63, 3.8) is 0 Å². The minimum atomic E-state index is -0.366. The lowest BCUT2D eigenvalue weighted by molar-refractivity contribution is -0.116. The number of carbonyl (C=O) groups excluding carboxylic acids is 1. The van der Waals surface area contributed by atoms with Gasteiger partial charge in [0.25, 0.3) is 0 Å². The summed E-state index contributed by atoms with van der Waals surface area (Å²) < 4.78 is 0. The molecule has 0 spiro atoms. The number of aromatic nitrogens is 2. The molecule has 1 heterocycles. The topological polar surface area (TPSA) is 84.1 Å². The molecule has 1 aromatic rings. The molecule has 1 aliphatic rings. The fourth-order valence-corrected chi connectivity index (χ4v) is 1.97. The maximum absolute atomic E-state index is 11.0. The number of hydrogen-bond donors (Lipinski definition) is 2. The second-order valence-electron chi connectivity index (χ2n) is 4.73. The van der Waals surface area contributed by atoms with E-state index < -0.39 is 0 Å². The summed E-state index contributed by atoms with van der Waals surface area (Å²) >= 11 is 0. The second-order valence-corrected chi connectivity index (χ2v) is 4.73. The molecule has 2 rings (SSSR count). The summed E-state index contributed by atoms with van der Waals surface area (Å²) in [7, 11) is 3.65. The van der Waals surface area contributed by atoms with Gasteiger partial charge in [-0.15, -0.1) is 0 Å². The van der Waals surface area contributed by atoms with Gasteiger partial charge in [-0.1, -0.05) is 0 Å². The van der Waals surface area contributed by atoms with Gasteiger partial charge in [-0.2, -0.15) is 0 Å². The standard InChI is InChI=1S/C12H19N5O/c1-7-10(14-2)15-11(8-4-5-8)16-12(7)17(3)6-9(13)18/h8H,4-6H2,1-3H3,(H2,13,18)(H,14,15,16). The number of nitrogens with zero attached hydrogens (tertiary/aromatic N) is 3. The Bertz CT molecular complexity index is 470. The van der Waals surface area contributed by atoms with Crippen molar-refractivity contribution in [1.29, 1.82) is 0 Å². The van der Waals surface area contributed by atoms with Crippen molar-refractivity contribution >= 4 is 17.5 Å². The molecule has 6 heteroatoms. The summed E-state index contributed by atoms with van der Waals surface area (Å²) in [5, 5.41) is 3.07. The molecule has 1 fully saturated rings. The van der Waals surface area contributed by atoms with E-state index in [0.717, 1.165) is 35.9 Å². The van der Waals surface area contributed by atoms with Gasteiger partial charge in [-0.05, 0) is 19.8 Å². The van der Waals surface area contributed by atoms with Gasteiger partial charge < -0.3 is 16.0 Å². The molecule has 98 valence electrons. The van der Waals surface area contributed by atoms with Crippen LogP contribution in [0.4, 0.5) is 11.6 Å². The average molecular weight is 249 g/mol. The summed E-state index contributed by atoms with van der Waals surface area (Å²) in [6.07, 6.45) is 2.29. The molecule has 1 amide bonds. The van der Waals surface area contributed by atoms with Crippen LogP contribution in [0, 0.1) is 6.92 Å². The molecular weight excluding hydrogens is 230 g/mol. The zero-order valence-electron chi connectivity index (χ0n) is 11.0. The van der Waals surface area contributed by atoms with E-state index in [4.69, 9.17) is 5.73 Å². The van der Waals surface area contributed by atoms with Gasteiger partial charge in [-0.25, -0.2) is 9.97 Å². The number of primary amides is 1. The maximum atomic E-state index is 11.0. The van der Waals surface area contributed by atoms with Gasteiger partial charge in [0.05, 0.1) is 6.54 Å². The predicted molar refractivity (Wildman–Crippen MR) is 70.8 cm³/mol. The minimum absolute atomic E-state index is 0.158. The summed E-state index contributed by atoms with van der Waals surface area (Å²) in [5.74, 6) is 2.55. The minimum Gasteiger partial charge on any atom is -0.373 e. The van der Waals surface area contributed by atoms with Crippen LogP contribution in [0.5, 0.6) is 0 Å². The molecular formula is C12H19N5O. The predicted octanol–water partition coefficient (Wildman–Crippen LogP) is 0.626. The lowest BCUT2D eigenvalue weighted by atomic mass is 10.2. The molecule has 0 atom stereocenters. The van der Waals surface area contributed by atoms with E-state index in [2.05, 4.69) is 15.3 Å². The number of nitrogens with two attached hydrogens (primary N) is 1. The van der Waals surface area contributed by atoms with Crippen LogP contribution in [0.1, 0.15) is 30.1 Å². The Morgan fingerprint density at radius 1 is 1.50 bits per heavy atom. The first-order valence-electron chi connectivity index (χ1n) is 6.08. The number of hydrogen-bond acceptors (Lipinski definition) is 5. The second kappa shape index (κ2) is 4.80. The number of anilines is 2. The molecule has 1 aliphatic carbocycles. The Morgan fingerprint density at radius 2 is 2.17 bits per heavy atom. The maximum Gasteiger partial charge on any atom is 0.236 e. The Kier molecular flexibility index (Phi) is 3.36. The molecule has 18 heavy (non-hydrogen) atoms. The van der Waals surface area contributed by atoms with Crippen LogP contribution >= 0.6 is 0 Å². The SMILES string of the molecule is CNc1nc(C2CC2)nc(N(C)CC(N)=O)c1C.